The van der Waals surface area contributed by atoms with Crippen molar-refractivity contribution in [2.45, 2.75) is 51.3 Å². The Morgan fingerprint density at radius 3 is 2.44 bits per heavy atom. The van der Waals surface area contributed by atoms with Crippen LogP contribution in [0.25, 0.3) is 0 Å². The molecule has 0 aromatic carbocycles. The largest absolute Gasteiger partial charge is 0.444 e. The normalized spacial score (nSPS) is 25.6. The summed E-state index contributed by atoms with van der Waals surface area (Å²) in [4.78, 5) is 23.9. The average molecular weight is 258 g/mol. The molecule has 0 aliphatic carbocycles. The molecule has 18 heavy (non-hydrogen) atoms. The van der Waals surface area contributed by atoms with E-state index in [9.17, 15) is 9.59 Å². The molecule has 0 bridgehead atoms. The van der Waals surface area contributed by atoms with Gasteiger partial charge in [-0.3, -0.25) is 4.79 Å². The molecule has 0 radical (unpaired) electrons. The van der Waals surface area contributed by atoms with Crippen molar-refractivity contribution in [3.63, 3.8) is 0 Å². The second-order valence-corrected chi connectivity index (χ2v) is 5.66. The molecule has 2 unspecified atom stereocenters. The molecule has 1 rings (SSSR count). The monoisotopic (exact) mass is 258 g/mol. The maximum atomic E-state index is 12.1. The minimum Gasteiger partial charge on any atom is -0.444 e. The number of alkyl carbamates (subject to hydrolysis) is 1. The van der Waals surface area contributed by atoms with Crippen LogP contribution in [0.2, 0.25) is 0 Å². The zero-order chi connectivity index (χ0) is 14.0. The van der Waals surface area contributed by atoms with E-state index in [2.05, 4.69) is 5.32 Å². The van der Waals surface area contributed by atoms with Crippen LogP contribution < -0.4 is 11.1 Å². The maximum Gasteiger partial charge on any atom is 0.408 e. The Morgan fingerprint density at radius 1 is 1.44 bits per heavy atom. The van der Waals surface area contributed by atoms with Gasteiger partial charge in [0, 0.05) is 13.0 Å². The first-order chi connectivity index (χ1) is 8.16. The van der Waals surface area contributed by atoms with Gasteiger partial charge in [-0.05, 0) is 27.7 Å². The number of hydrogen-bond acceptors (Lipinski definition) is 5. The van der Waals surface area contributed by atoms with Crippen molar-refractivity contribution >= 4 is 11.9 Å². The van der Waals surface area contributed by atoms with Gasteiger partial charge >= 0.3 is 6.09 Å². The van der Waals surface area contributed by atoms with Crippen molar-refractivity contribution in [1.29, 1.82) is 0 Å². The molecule has 0 aromatic heterocycles. The molecular formula is C12H22N2O4. The SMILES string of the molecule is CC(N)C(=O)C1(NC(=O)OC(C)(C)C)CCOC1. The third-order valence-electron chi connectivity index (χ3n) is 2.65. The summed E-state index contributed by atoms with van der Waals surface area (Å²) in [7, 11) is 0. The molecule has 1 aliphatic heterocycles. The quantitative estimate of drug-likeness (QED) is 0.773. The number of carbonyl (C=O) groups is 2. The van der Waals surface area contributed by atoms with Crippen LogP contribution >= 0.6 is 0 Å². The van der Waals surface area contributed by atoms with Gasteiger partial charge in [0.2, 0.25) is 0 Å². The fourth-order valence-electron chi connectivity index (χ4n) is 1.85. The van der Waals surface area contributed by atoms with E-state index in [1.807, 2.05) is 0 Å². The number of rotatable bonds is 3. The Hall–Kier alpha value is -1.14. The van der Waals surface area contributed by atoms with Crippen molar-refractivity contribution in [3.8, 4) is 0 Å². The van der Waals surface area contributed by atoms with Crippen LogP contribution in [0.5, 0.6) is 0 Å². The maximum absolute atomic E-state index is 12.1. The highest BCUT2D eigenvalue weighted by Crippen LogP contribution is 2.22. The molecule has 0 aromatic rings. The summed E-state index contributed by atoms with van der Waals surface area (Å²) in [5.41, 5.74) is 3.95. The van der Waals surface area contributed by atoms with Gasteiger partial charge in [-0.2, -0.15) is 0 Å². The molecular weight excluding hydrogens is 236 g/mol. The summed E-state index contributed by atoms with van der Waals surface area (Å²) in [6, 6.07) is -0.651. The van der Waals surface area contributed by atoms with Crippen molar-refractivity contribution < 1.29 is 19.1 Å². The van der Waals surface area contributed by atoms with E-state index in [1.54, 1.807) is 27.7 Å². The molecule has 2 atom stereocenters. The Morgan fingerprint density at radius 2 is 2.06 bits per heavy atom. The molecule has 0 saturated carbocycles. The molecule has 3 N–H and O–H groups in total. The van der Waals surface area contributed by atoms with Crippen LogP contribution in [0.15, 0.2) is 0 Å². The van der Waals surface area contributed by atoms with E-state index in [1.165, 1.54) is 0 Å². The zero-order valence-corrected chi connectivity index (χ0v) is 11.4. The second-order valence-electron chi connectivity index (χ2n) is 5.66. The third kappa shape index (κ3) is 3.68. The lowest BCUT2D eigenvalue weighted by molar-refractivity contribution is -0.126. The van der Waals surface area contributed by atoms with Gasteiger partial charge in [0.25, 0.3) is 0 Å². The van der Waals surface area contributed by atoms with Crippen molar-refractivity contribution in [2.75, 3.05) is 13.2 Å². The van der Waals surface area contributed by atoms with E-state index >= 15 is 0 Å². The predicted molar refractivity (Wildman–Crippen MR) is 66.2 cm³/mol. The number of nitrogens with two attached hydrogens (primary N) is 1. The van der Waals surface area contributed by atoms with Gasteiger partial charge in [-0.1, -0.05) is 0 Å². The zero-order valence-electron chi connectivity index (χ0n) is 11.4. The smallest absolute Gasteiger partial charge is 0.408 e. The number of hydrogen-bond donors (Lipinski definition) is 2. The van der Waals surface area contributed by atoms with Gasteiger partial charge in [0.1, 0.15) is 11.1 Å². The summed E-state index contributed by atoms with van der Waals surface area (Å²) < 4.78 is 10.4. The van der Waals surface area contributed by atoms with E-state index in [4.69, 9.17) is 15.2 Å². The summed E-state index contributed by atoms with van der Waals surface area (Å²) in [5.74, 6) is -0.231. The first-order valence-corrected chi connectivity index (χ1v) is 6.05. The minimum absolute atomic E-state index is 0.145. The van der Waals surface area contributed by atoms with Gasteiger partial charge in [-0.25, -0.2) is 4.79 Å². The standard InChI is InChI=1S/C12H22N2O4/c1-8(13)9(15)12(5-6-17-7-12)14-10(16)18-11(2,3)4/h8H,5-7,13H2,1-4H3,(H,14,16). The molecule has 1 saturated heterocycles. The number of ether oxygens (including phenoxy) is 2. The molecule has 6 heteroatoms. The molecule has 1 fully saturated rings. The fourth-order valence-corrected chi connectivity index (χ4v) is 1.85. The van der Waals surface area contributed by atoms with Gasteiger partial charge < -0.3 is 20.5 Å². The summed E-state index contributed by atoms with van der Waals surface area (Å²) in [6.45, 7) is 7.45. The third-order valence-corrected chi connectivity index (χ3v) is 2.65. The van der Waals surface area contributed by atoms with Crippen LogP contribution in [0.1, 0.15) is 34.1 Å². The summed E-state index contributed by atoms with van der Waals surface area (Å²) >= 11 is 0. The highest BCUT2D eigenvalue weighted by molar-refractivity contribution is 5.95. The molecule has 1 heterocycles. The van der Waals surface area contributed by atoms with E-state index < -0.39 is 23.3 Å². The topological polar surface area (TPSA) is 90.7 Å². The van der Waals surface area contributed by atoms with Gasteiger partial charge in [0.05, 0.1) is 12.6 Å². The highest BCUT2D eigenvalue weighted by Gasteiger charge is 2.45. The number of Topliss-reactive ketones (excluding diaryl/α,β-unsaturated/α-hetero) is 1. The fraction of sp³-hybridized carbons (Fsp3) is 0.833. The molecule has 0 spiro atoms. The van der Waals surface area contributed by atoms with E-state index in [0.717, 1.165) is 0 Å². The lowest BCUT2D eigenvalue weighted by atomic mass is 9.89. The van der Waals surface area contributed by atoms with Crippen LogP contribution in [-0.2, 0) is 14.3 Å². The predicted octanol–water partition coefficient (Wildman–Crippen LogP) is 0.587. The Labute approximate surface area is 107 Å². The number of ketones is 1. The second kappa shape index (κ2) is 5.24. The van der Waals surface area contributed by atoms with Crippen LogP contribution in [-0.4, -0.2) is 42.3 Å². The first kappa shape index (κ1) is 14.9. The molecule has 1 amide bonds. The van der Waals surface area contributed by atoms with Crippen molar-refractivity contribution in [3.05, 3.63) is 0 Å². The summed E-state index contributed by atoms with van der Waals surface area (Å²) in [6.07, 6.45) is -0.200. The Balaban J connectivity index is 2.75. The number of amides is 1. The van der Waals surface area contributed by atoms with Crippen LogP contribution in [0.3, 0.4) is 0 Å². The number of nitrogens with one attached hydrogen (secondary N) is 1. The number of carbonyl (C=O) groups excluding carboxylic acids is 2. The molecule has 6 nitrogen and oxygen atoms in total. The van der Waals surface area contributed by atoms with Crippen molar-refractivity contribution in [2.24, 2.45) is 5.73 Å². The van der Waals surface area contributed by atoms with Crippen LogP contribution in [0.4, 0.5) is 4.79 Å². The first-order valence-electron chi connectivity index (χ1n) is 6.05. The lowest BCUT2D eigenvalue weighted by Gasteiger charge is -2.30. The highest BCUT2D eigenvalue weighted by atomic mass is 16.6. The Bertz CT molecular complexity index is 327. The molecule has 1 aliphatic rings. The van der Waals surface area contributed by atoms with Gasteiger partial charge in [0.15, 0.2) is 5.78 Å². The van der Waals surface area contributed by atoms with E-state index in [-0.39, 0.29) is 12.4 Å². The van der Waals surface area contributed by atoms with Gasteiger partial charge in [-0.15, -0.1) is 0 Å². The lowest BCUT2D eigenvalue weighted by Crippen LogP contribution is -2.60. The summed E-state index contributed by atoms with van der Waals surface area (Å²) in [5, 5.41) is 2.61. The Kier molecular flexibility index (Phi) is 4.34. The van der Waals surface area contributed by atoms with E-state index in [0.29, 0.717) is 13.0 Å². The molecule has 104 valence electrons. The minimum atomic E-state index is -1.05. The van der Waals surface area contributed by atoms with Crippen LogP contribution in [0, 0.1) is 0 Å². The van der Waals surface area contributed by atoms with Crippen molar-refractivity contribution in [1.82, 2.24) is 5.32 Å². The average Bonchev–Trinajstić information content (AvgIpc) is 2.62.